The number of carbonyl (C=O) groups is 1. The number of nitrogens with one attached hydrogen (secondary N) is 2. The highest BCUT2D eigenvalue weighted by Gasteiger charge is 2.21. The minimum absolute atomic E-state index is 0.0400. The molecule has 2 N–H and O–H groups in total. The zero-order valence-electron chi connectivity index (χ0n) is 17.2. The molecule has 0 fully saturated rings. The first-order chi connectivity index (χ1) is 15.2. The van der Waals surface area contributed by atoms with Crippen molar-refractivity contribution in [2.24, 2.45) is 0 Å². The summed E-state index contributed by atoms with van der Waals surface area (Å²) in [7, 11) is -2.80. The van der Waals surface area contributed by atoms with Crippen LogP contribution in [0.4, 0.5) is 20.2 Å². The summed E-state index contributed by atoms with van der Waals surface area (Å²) < 4.78 is 65.6. The van der Waals surface area contributed by atoms with Crippen molar-refractivity contribution in [3.8, 4) is 11.5 Å². The zero-order chi connectivity index (χ0) is 23.3. The second-order valence-corrected chi connectivity index (χ2v) is 8.19. The van der Waals surface area contributed by atoms with Crippen LogP contribution in [-0.4, -0.2) is 28.0 Å². The van der Waals surface area contributed by atoms with Crippen LogP contribution in [0.15, 0.2) is 65.6 Å². The lowest BCUT2D eigenvalue weighted by Crippen LogP contribution is -2.16. The van der Waals surface area contributed by atoms with Gasteiger partial charge in [-0.1, -0.05) is 0 Å². The molecule has 0 saturated heterocycles. The van der Waals surface area contributed by atoms with Crippen molar-refractivity contribution in [2.45, 2.75) is 11.8 Å². The van der Waals surface area contributed by atoms with E-state index < -0.39 is 27.6 Å². The van der Waals surface area contributed by atoms with Crippen LogP contribution in [0.2, 0.25) is 0 Å². The van der Waals surface area contributed by atoms with Gasteiger partial charge in [0, 0.05) is 23.0 Å². The molecule has 0 spiro atoms. The molecule has 0 aromatic heterocycles. The van der Waals surface area contributed by atoms with Crippen molar-refractivity contribution in [3.63, 3.8) is 0 Å². The second-order valence-electron chi connectivity index (χ2n) is 6.54. The lowest BCUT2D eigenvalue weighted by Gasteiger charge is -2.14. The minimum Gasteiger partial charge on any atom is -0.495 e. The van der Waals surface area contributed by atoms with E-state index in [9.17, 15) is 22.0 Å². The maximum absolute atomic E-state index is 13.4. The SMILES string of the molecule is CCOc1ccc(NS(=O)(=O)c2cc(NC(=O)c3cc(F)cc(F)c3)ccc2OC)cc1. The summed E-state index contributed by atoms with van der Waals surface area (Å²) in [6, 6.07) is 12.6. The Hall–Kier alpha value is -3.66. The molecule has 0 aliphatic carbocycles. The molecule has 0 bridgehead atoms. The summed E-state index contributed by atoms with van der Waals surface area (Å²) in [5, 5.41) is 2.43. The van der Waals surface area contributed by atoms with E-state index in [0.29, 0.717) is 24.1 Å². The Morgan fingerprint density at radius 1 is 0.938 bits per heavy atom. The van der Waals surface area contributed by atoms with Crippen molar-refractivity contribution in [1.82, 2.24) is 0 Å². The van der Waals surface area contributed by atoms with Gasteiger partial charge in [0.1, 0.15) is 28.0 Å². The molecule has 10 heteroatoms. The van der Waals surface area contributed by atoms with Gasteiger partial charge in [-0.25, -0.2) is 17.2 Å². The van der Waals surface area contributed by atoms with Crippen molar-refractivity contribution in [1.29, 1.82) is 0 Å². The van der Waals surface area contributed by atoms with E-state index in [-0.39, 0.29) is 21.9 Å². The molecule has 3 rings (SSSR count). The van der Waals surface area contributed by atoms with Gasteiger partial charge >= 0.3 is 0 Å². The monoisotopic (exact) mass is 462 g/mol. The van der Waals surface area contributed by atoms with E-state index in [0.717, 1.165) is 12.1 Å². The fraction of sp³-hybridized carbons (Fsp3) is 0.136. The van der Waals surface area contributed by atoms with Gasteiger partial charge in [-0.2, -0.15) is 0 Å². The third kappa shape index (κ3) is 5.52. The highest BCUT2D eigenvalue weighted by atomic mass is 32.2. The van der Waals surface area contributed by atoms with Gasteiger partial charge in [0.05, 0.1) is 13.7 Å². The minimum atomic E-state index is -4.10. The van der Waals surface area contributed by atoms with Crippen LogP contribution >= 0.6 is 0 Å². The molecular formula is C22H20F2N2O5S. The number of hydrogen-bond acceptors (Lipinski definition) is 5. The van der Waals surface area contributed by atoms with Crippen molar-refractivity contribution < 1.29 is 31.5 Å². The molecule has 168 valence electrons. The molecule has 0 unspecified atom stereocenters. The maximum Gasteiger partial charge on any atom is 0.265 e. The Morgan fingerprint density at radius 2 is 1.56 bits per heavy atom. The summed E-state index contributed by atoms with van der Waals surface area (Å²) >= 11 is 0. The van der Waals surface area contributed by atoms with E-state index in [4.69, 9.17) is 9.47 Å². The largest absolute Gasteiger partial charge is 0.495 e. The van der Waals surface area contributed by atoms with Crippen LogP contribution in [0.25, 0.3) is 0 Å². The molecule has 0 aliphatic rings. The van der Waals surface area contributed by atoms with E-state index in [1.807, 2.05) is 6.92 Å². The fourth-order valence-electron chi connectivity index (χ4n) is 2.85. The molecule has 32 heavy (non-hydrogen) atoms. The Labute approximate surface area is 184 Å². The predicted octanol–water partition coefficient (Wildman–Crippen LogP) is 4.43. The first-order valence-corrected chi connectivity index (χ1v) is 10.9. The van der Waals surface area contributed by atoms with Gasteiger partial charge < -0.3 is 14.8 Å². The van der Waals surface area contributed by atoms with E-state index in [2.05, 4.69) is 10.0 Å². The van der Waals surface area contributed by atoms with Crippen LogP contribution in [-0.2, 0) is 10.0 Å². The lowest BCUT2D eigenvalue weighted by atomic mass is 10.2. The number of halogens is 2. The highest BCUT2D eigenvalue weighted by molar-refractivity contribution is 7.92. The summed E-state index contributed by atoms with van der Waals surface area (Å²) in [6.07, 6.45) is 0. The molecule has 0 atom stereocenters. The number of ether oxygens (including phenoxy) is 2. The summed E-state index contributed by atoms with van der Waals surface area (Å²) in [5.41, 5.74) is 0.128. The van der Waals surface area contributed by atoms with Gasteiger partial charge in [-0.3, -0.25) is 9.52 Å². The molecule has 0 radical (unpaired) electrons. The van der Waals surface area contributed by atoms with Crippen LogP contribution < -0.4 is 19.5 Å². The van der Waals surface area contributed by atoms with Crippen LogP contribution in [0.1, 0.15) is 17.3 Å². The number of benzene rings is 3. The smallest absolute Gasteiger partial charge is 0.265 e. The number of hydrogen-bond donors (Lipinski definition) is 2. The van der Waals surface area contributed by atoms with Crippen molar-refractivity contribution in [2.75, 3.05) is 23.8 Å². The predicted molar refractivity (Wildman–Crippen MR) is 116 cm³/mol. The number of anilines is 2. The fourth-order valence-corrected chi connectivity index (χ4v) is 4.10. The molecule has 1 amide bonds. The number of sulfonamides is 1. The molecular weight excluding hydrogens is 442 g/mol. The molecule has 7 nitrogen and oxygen atoms in total. The zero-order valence-corrected chi connectivity index (χ0v) is 18.0. The topological polar surface area (TPSA) is 93.7 Å². The number of carbonyl (C=O) groups excluding carboxylic acids is 1. The third-order valence-corrected chi connectivity index (χ3v) is 5.66. The average molecular weight is 462 g/mol. The quantitative estimate of drug-likeness (QED) is 0.517. The van der Waals surface area contributed by atoms with E-state index in [1.54, 1.807) is 24.3 Å². The van der Waals surface area contributed by atoms with Gasteiger partial charge in [0.2, 0.25) is 0 Å². The van der Waals surface area contributed by atoms with Crippen molar-refractivity contribution >= 4 is 27.3 Å². The first kappa shape index (κ1) is 23.0. The standard InChI is InChI=1S/C22H20F2N2O5S/c1-3-31-19-7-4-17(5-8-19)26-32(28,29)21-13-18(6-9-20(21)30-2)25-22(27)14-10-15(23)12-16(24)11-14/h4-13,26H,3H2,1-2H3,(H,25,27). The third-order valence-electron chi connectivity index (χ3n) is 4.25. The Balaban J connectivity index is 1.87. The summed E-state index contributed by atoms with van der Waals surface area (Å²) in [6.45, 7) is 2.31. The Kier molecular flexibility index (Phi) is 6.94. The molecule has 3 aromatic carbocycles. The van der Waals surface area contributed by atoms with Gasteiger partial charge in [0.25, 0.3) is 15.9 Å². The molecule has 3 aromatic rings. The van der Waals surface area contributed by atoms with Crippen LogP contribution in [0, 0.1) is 11.6 Å². The Bertz CT molecular complexity index is 1210. The normalized spacial score (nSPS) is 11.0. The van der Waals surface area contributed by atoms with Gasteiger partial charge in [-0.05, 0) is 61.5 Å². The Morgan fingerprint density at radius 3 is 2.16 bits per heavy atom. The van der Waals surface area contributed by atoms with E-state index in [1.165, 1.54) is 25.3 Å². The molecule has 0 heterocycles. The highest BCUT2D eigenvalue weighted by Crippen LogP contribution is 2.29. The molecule has 0 saturated carbocycles. The second kappa shape index (κ2) is 9.65. The van der Waals surface area contributed by atoms with Crippen LogP contribution in [0.3, 0.4) is 0 Å². The number of amides is 1. The summed E-state index contributed by atoms with van der Waals surface area (Å²) in [5.74, 6) is -2.00. The number of methoxy groups -OCH3 is 1. The van der Waals surface area contributed by atoms with Gasteiger partial charge in [0.15, 0.2) is 0 Å². The van der Waals surface area contributed by atoms with E-state index >= 15 is 0 Å². The van der Waals surface area contributed by atoms with Crippen molar-refractivity contribution in [3.05, 3.63) is 77.9 Å². The average Bonchev–Trinajstić information content (AvgIpc) is 2.74. The maximum atomic E-state index is 13.4. The van der Waals surface area contributed by atoms with Crippen LogP contribution in [0.5, 0.6) is 11.5 Å². The van der Waals surface area contributed by atoms with Gasteiger partial charge in [-0.15, -0.1) is 0 Å². The first-order valence-electron chi connectivity index (χ1n) is 9.43. The molecule has 0 aliphatic heterocycles. The number of rotatable bonds is 8. The summed E-state index contributed by atoms with van der Waals surface area (Å²) in [4.78, 5) is 12.1. The lowest BCUT2D eigenvalue weighted by molar-refractivity contribution is 0.102.